The Morgan fingerprint density at radius 3 is 2.71 bits per heavy atom. The van der Waals surface area contributed by atoms with Crippen LogP contribution in [0.3, 0.4) is 0 Å². The Hall–Kier alpha value is -0.890. The number of thioether (sulfide) groups is 1. The summed E-state index contributed by atoms with van der Waals surface area (Å²) in [4.78, 5) is 1.32. The molecule has 0 amide bonds. The second-order valence-corrected chi connectivity index (χ2v) is 5.16. The van der Waals surface area contributed by atoms with Crippen LogP contribution in [0.25, 0.3) is 11.0 Å². The van der Waals surface area contributed by atoms with E-state index in [1.807, 2.05) is 0 Å². The van der Waals surface area contributed by atoms with Crippen molar-refractivity contribution in [1.82, 2.24) is 0 Å². The number of unbranched alkanes of at least 4 members (excludes halogenated alkanes) is 1. The predicted octanol–water partition coefficient (Wildman–Crippen LogP) is 5.06. The fourth-order valence-electron chi connectivity index (χ4n) is 2.17. The summed E-state index contributed by atoms with van der Waals surface area (Å²) in [6.45, 7) is 4.38. The van der Waals surface area contributed by atoms with Crippen LogP contribution in [0, 0.1) is 0 Å². The van der Waals surface area contributed by atoms with Gasteiger partial charge in [-0.2, -0.15) is 0 Å². The minimum absolute atomic E-state index is 0.967. The smallest absolute Gasteiger partial charge is 0.135 e. The van der Waals surface area contributed by atoms with E-state index in [0.717, 1.165) is 17.8 Å². The van der Waals surface area contributed by atoms with Gasteiger partial charge in [0.2, 0.25) is 0 Å². The second-order valence-electron chi connectivity index (χ2n) is 4.35. The number of fused-ring (bicyclic) bond motifs is 1. The highest BCUT2D eigenvalue weighted by Gasteiger charge is 2.12. The first-order chi connectivity index (χ1) is 8.30. The lowest BCUT2D eigenvalue weighted by Gasteiger charge is -2.00. The molecule has 17 heavy (non-hydrogen) atoms. The van der Waals surface area contributed by atoms with Crippen LogP contribution in [0.4, 0.5) is 0 Å². The molecule has 0 aliphatic heterocycles. The molecule has 0 atom stereocenters. The van der Waals surface area contributed by atoms with Gasteiger partial charge >= 0.3 is 0 Å². The van der Waals surface area contributed by atoms with E-state index in [0.29, 0.717) is 0 Å². The fraction of sp³-hybridized carbons (Fsp3) is 0.467. The van der Waals surface area contributed by atoms with Gasteiger partial charge in [-0.3, -0.25) is 0 Å². The number of aryl methyl sites for hydroxylation is 2. The molecule has 0 N–H and O–H groups in total. The third kappa shape index (κ3) is 2.52. The highest BCUT2D eigenvalue weighted by Crippen LogP contribution is 2.34. The van der Waals surface area contributed by atoms with Crippen molar-refractivity contribution in [2.75, 3.05) is 6.26 Å². The molecule has 92 valence electrons. The molecule has 1 heterocycles. The quantitative estimate of drug-likeness (QED) is 0.686. The van der Waals surface area contributed by atoms with Crippen molar-refractivity contribution >= 4 is 22.7 Å². The largest absolute Gasteiger partial charge is 0.460 e. The van der Waals surface area contributed by atoms with Crippen molar-refractivity contribution in [1.29, 1.82) is 0 Å². The topological polar surface area (TPSA) is 13.1 Å². The summed E-state index contributed by atoms with van der Waals surface area (Å²) in [7, 11) is 0. The molecule has 0 saturated heterocycles. The van der Waals surface area contributed by atoms with Crippen molar-refractivity contribution in [3.8, 4) is 0 Å². The summed E-state index contributed by atoms with van der Waals surface area (Å²) < 4.78 is 5.88. The Morgan fingerprint density at radius 1 is 1.24 bits per heavy atom. The first-order valence-electron chi connectivity index (χ1n) is 6.38. The summed E-state index contributed by atoms with van der Waals surface area (Å²) in [6.07, 6.45) is 6.78. The molecule has 2 heteroatoms. The van der Waals surface area contributed by atoms with Crippen LogP contribution in [-0.4, -0.2) is 6.26 Å². The average Bonchev–Trinajstić information content (AvgIpc) is 2.72. The van der Waals surface area contributed by atoms with Gasteiger partial charge in [0.05, 0.1) is 4.90 Å². The first-order valence-corrected chi connectivity index (χ1v) is 7.60. The van der Waals surface area contributed by atoms with Gasteiger partial charge in [-0.25, -0.2) is 0 Å². The zero-order chi connectivity index (χ0) is 12.3. The highest BCUT2D eigenvalue weighted by molar-refractivity contribution is 7.98. The number of furan rings is 1. The Morgan fingerprint density at radius 2 is 2.06 bits per heavy atom. The summed E-state index contributed by atoms with van der Waals surface area (Å²) >= 11 is 1.79. The average molecular weight is 248 g/mol. The SMILES string of the molecule is CCCCc1ccc2oc(CC)c(SC)c2c1. The van der Waals surface area contributed by atoms with E-state index in [-0.39, 0.29) is 0 Å². The third-order valence-corrected chi connectivity index (χ3v) is 3.98. The lowest BCUT2D eigenvalue weighted by atomic mass is 10.1. The molecule has 1 aromatic carbocycles. The Balaban J connectivity index is 2.43. The van der Waals surface area contributed by atoms with E-state index in [9.17, 15) is 0 Å². The second kappa shape index (κ2) is 5.63. The maximum absolute atomic E-state index is 5.88. The molecule has 1 nitrogen and oxygen atoms in total. The monoisotopic (exact) mass is 248 g/mol. The number of rotatable bonds is 5. The minimum Gasteiger partial charge on any atom is -0.460 e. The summed E-state index contributed by atoms with van der Waals surface area (Å²) in [6, 6.07) is 6.63. The van der Waals surface area contributed by atoms with Gasteiger partial charge in [0.15, 0.2) is 0 Å². The molecule has 0 radical (unpaired) electrons. The molecular weight excluding hydrogens is 228 g/mol. The van der Waals surface area contributed by atoms with Crippen LogP contribution in [0.1, 0.15) is 38.0 Å². The van der Waals surface area contributed by atoms with E-state index in [2.05, 4.69) is 38.3 Å². The molecule has 0 bridgehead atoms. The van der Waals surface area contributed by atoms with Gasteiger partial charge in [0, 0.05) is 11.8 Å². The van der Waals surface area contributed by atoms with Crippen molar-refractivity contribution in [2.45, 2.75) is 44.4 Å². The van der Waals surface area contributed by atoms with Crippen molar-refractivity contribution < 1.29 is 4.42 Å². The van der Waals surface area contributed by atoms with Gasteiger partial charge < -0.3 is 4.42 Å². The molecule has 0 aliphatic rings. The van der Waals surface area contributed by atoms with Crippen molar-refractivity contribution in [3.05, 3.63) is 29.5 Å². The van der Waals surface area contributed by atoms with Crippen LogP contribution in [0.2, 0.25) is 0 Å². The van der Waals surface area contributed by atoms with Gasteiger partial charge in [-0.05, 0) is 36.8 Å². The van der Waals surface area contributed by atoms with E-state index >= 15 is 0 Å². The van der Waals surface area contributed by atoms with Crippen LogP contribution in [0.5, 0.6) is 0 Å². The van der Waals surface area contributed by atoms with Gasteiger partial charge in [0.25, 0.3) is 0 Å². The summed E-state index contributed by atoms with van der Waals surface area (Å²) in [5.41, 5.74) is 2.46. The molecule has 2 aromatic rings. The predicted molar refractivity (Wildman–Crippen MR) is 76.0 cm³/mol. The molecule has 0 aliphatic carbocycles. The van der Waals surface area contributed by atoms with Gasteiger partial charge in [-0.15, -0.1) is 11.8 Å². The van der Waals surface area contributed by atoms with Crippen LogP contribution < -0.4 is 0 Å². The van der Waals surface area contributed by atoms with Crippen LogP contribution in [0.15, 0.2) is 27.5 Å². The normalized spacial score (nSPS) is 11.2. The molecule has 0 saturated carbocycles. The zero-order valence-electron chi connectivity index (χ0n) is 10.9. The van der Waals surface area contributed by atoms with Gasteiger partial charge in [-0.1, -0.05) is 26.3 Å². The Labute approximate surface area is 108 Å². The number of hydrogen-bond donors (Lipinski definition) is 0. The van der Waals surface area contributed by atoms with Crippen molar-refractivity contribution in [3.63, 3.8) is 0 Å². The van der Waals surface area contributed by atoms with E-state index in [1.165, 1.54) is 35.1 Å². The van der Waals surface area contributed by atoms with Crippen LogP contribution in [-0.2, 0) is 12.8 Å². The molecular formula is C15H20OS. The Bertz CT molecular complexity index is 499. The summed E-state index contributed by atoms with van der Waals surface area (Å²) in [5, 5.41) is 1.29. The standard InChI is InChI=1S/C15H20OS/c1-4-6-7-11-8-9-14-12(10-11)15(17-3)13(5-2)16-14/h8-10H,4-7H2,1-3H3. The Kier molecular flexibility index (Phi) is 4.16. The first kappa shape index (κ1) is 12.6. The van der Waals surface area contributed by atoms with Crippen LogP contribution >= 0.6 is 11.8 Å². The van der Waals surface area contributed by atoms with E-state index in [1.54, 1.807) is 11.8 Å². The third-order valence-electron chi connectivity index (χ3n) is 3.12. The lowest BCUT2D eigenvalue weighted by Crippen LogP contribution is -1.84. The molecule has 0 unspecified atom stereocenters. The zero-order valence-corrected chi connectivity index (χ0v) is 11.7. The summed E-state index contributed by atoms with van der Waals surface area (Å²) in [5.74, 6) is 1.13. The maximum Gasteiger partial charge on any atom is 0.135 e. The number of hydrogen-bond acceptors (Lipinski definition) is 2. The maximum atomic E-state index is 5.88. The fourth-order valence-corrected chi connectivity index (χ4v) is 2.96. The lowest BCUT2D eigenvalue weighted by molar-refractivity contribution is 0.546. The minimum atomic E-state index is 0.967. The van der Waals surface area contributed by atoms with E-state index < -0.39 is 0 Å². The highest BCUT2D eigenvalue weighted by atomic mass is 32.2. The van der Waals surface area contributed by atoms with Crippen molar-refractivity contribution in [2.24, 2.45) is 0 Å². The molecule has 0 spiro atoms. The number of benzene rings is 1. The molecule has 1 aromatic heterocycles. The van der Waals surface area contributed by atoms with Gasteiger partial charge in [0.1, 0.15) is 11.3 Å². The van der Waals surface area contributed by atoms with E-state index in [4.69, 9.17) is 4.42 Å². The molecule has 0 fully saturated rings. The molecule has 2 rings (SSSR count).